The molecule has 1 aromatic carbocycles. The van der Waals surface area contributed by atoms with E-state index in [-0.39, 0.29) is 0 Å². The van der Waals surface area contributed by atoms with Crippen molar-refractivity contribution in [2.45, 2.75) is 0 Å². The van der Waals surface area contributed by atoms with Gasteiger partial charge in [-0.05, 0) is 24.3 Å². The number of nitrogen functional groups attached to an aromatic ring is 1. The van der Waals surface area contributed by atoms with E-state index in [1.807, 2.05) is 6.07 Å². The molecule has 2 aromatic rings. The van der Waals surface area contributed by atoms with E-state index in [1.54, 1.807) is 41.9 Å². The van der Waals surface area contributed by atoms with Gasteiger partial charge in [-0.2, -0.15) is 5.26 Å². The number of halogens is 1. The van der Waals surface area contributed by atoms with Crippen LogP contribution in [0.2, 0.25) is 5.02 Å². The second-order valence-electron chi connectivity index (χ2n) is 3.52. The van der Waals surface area contributed by atoms with Gasteiger partial charge in [0.2, 0.25) is 5.88 Å². The molecule has 5 heteroatoms. The molecule has 0 aliphatic heterocycles. The second-order valence-corrected chi connectivity index (χ2v) is 3.95. The van der Waals surface area contributed by atoms with E-state index in [2.05, 4.69) is 0 Å². The Morgan fingerprint density at radius 2 is 2.00 bits per heavy atom. The van der Waals surface area contributed by atoms with Crippen LogP contribution < -0.4 is 10.5 Å². The molecule has 0 radical (unpaired) electrons. The third kappa shape index (κ3) is 2.19. The minimum atomic E-state index is 0.430. The standard InChI is InChI=1S/C12H10ClN3O/c1-16-9(7-14)6-11(15)12(16)17-10-4-2-8(13)3-5-10/h2-6H,15H2,1H3. The van der Waals surface area contributed by atoms with Crippen LogP contribution in [0.3, 0.4) is 0 Å². The first-order chi connectivity index (χ1) is 8.11. The van der Waals surface area contributed by atoms with Crippen molar-refractivity contribution in [3.05, 3.63) is 41.0 Å². The predicted octanol–water partition coefficient (Wildman–Crippen LogP) is 2.92. The molecule has 17 heavy (non-hydrogen) atoms. The summed E-state index contributed by atoms with van der Waals surface area (Å²) in [4.78, 5) is 0. The van der Waals surface area contributed by atoms with E-state index in [4.69, 9.17) is 27.3 Å². The van der Waals surface area contributed by atoms with E-state index >= 15 is 0 Å². The monoisotopic (exact) mass is 247 g/mol. The molecule has 2 rings (SSSR count). The molecule has 0 aliphatic rings. The summed E-state index contributed by atoms with van der Waals surface area (Å²) >= 11 is 5.78. The zero-order valence-electron chi connectivity index (χ0n) is 9.14. The molecule has 0 bridgehead atoms. The number of nitrogens with two attached hydrogens (primary N) is 1. The van der Waals surface area contributed by atoms with Gasteiger partial charge < -0.3 is 15.0 Å². The molecule has 0 aliphatic carbocycles. The Bertz CT molecular complexity index is 581. The SMILES string of the molecule is Cn1c(C#N)cc(N)c1Oc1ccc(Cl)cc1. The maximum absolute atomic E-state index is 8.86. The number of rotatable bonds is 2. The summed E-state index contributed by atoms with van der Waals surface area (Å²) < 4.78 is 7.21. The fraction of sp³-hybridized carbons (Fsp3) is 0.0833. The molecule has 1 aromatic heterocycles. The van der Waals surface area contributed by atoms with Crippen molar-refractivity contribution in [1.82, 2.24) is 4.57 Å². The minimum absolute atomic E-state index is 0.430. The van der Waals surface area contributed by atoms with E-state index in [9.17, 15) is 0 Å². The summed E-state index contributed by atoms with van der Waals surface area (Å²) in [5, 5.41) is 9.49. The van der Waals surface area contributed by atoms with Crippen molar-refractivity contribution in [1.29, 1.82) is 5.26 Å². The fourth-order valence-electron chi connectivity index (χ4n) is 1.46. The topological polar surface area (TPSA) is 64.0 Å². The van der Waals surface area contributed by atoms with Crippen LogP contribution in [-0.4, -0.2) is 4.57 Å². The van der Waals surface area contributed by atoms with Crippen LogP contribution in [0.15, 0.2) is 30.3 Å². The number of anilines is 1. The number of hydrogen-bond acceptors (Lipinski definition) is 3. The maximum Gasteiger partial charge on any atom is 0.224 e. The lowest BCUT2D eigenvalue weighted by Gasteiger charge is -2.08. The van der Waals surface area contributed by atoms with Gasteiger partial charge in [-0.1, -0.05) is 11.6 Å². The van der Waals surface area contributed by atoms with Crippen LogP contribution in [-0.2, 0) is 7.05 Å². The lowest BCUT2D eigenvalue weighted by molar-refractivity contribution is 0.444. The molecule has 4 nitrogen and oxygen atoms in total. The molecule has 1 heterocycles. The number of nitriles is 1. The number of nitrogens with zero attached hydrogens (tertiary/aromatic N) is 2. The molecule has 86 valence electrons. The van der Waals surface area contributed by atoms with Crippen molar-refractivity contribution in [2.24, 2.45) is 7.05 Å². The van der Waals surface area contributed by atoms with Gasteiger partial charge in [-0.15, -0.1) is 0 Å². The fourth-order valence-corrected chi connectivity index (χ4v) is 1.58. The Labute approximate surface area is 104 Å². The number of ether oxygens (including phenoxy) is 1. The van der Waals surface area contributed by atoms with Crippen molar-refractivity contribution in [2.75, 3.05) is 5.73 Å². The molecular weight excluding hydrogens is 238 g/mol. The first-order valence-corrected chi connectivity index (χ1v) is 5.28. The Hall–Kier alpha value is -2.12. The highest BCUT2D eigenvalue weighted by atomic mass is 35.5. The van der Waals surface area contributed by atoms with Gasteiger partial charge in [0.25, 0.3) is 0 Å². The van der Waals surface area contributed by atoms with Gasteiger partial charge in [-0.3, -0.25) is 0 Å². The van der Waals surface area contributed by atoms with Gasteiger partial charge >= 0.3 is 0 Å². The van der Waals surface area contributed by atoms with Gasteiger partial charge in [0.05, 0.1) is 5.69 Å². The van der Waals surface area contributed by atoms with Crippen LogP contribution in [0.1, 0.15) is 5.69 Å². The zero-order valence-corrected chi connectivity index (χ0v) is 9.90. The molecule has 0 saturated heterocycles. The van der Waals surface area contributed by atoms with E-state index < -0.39 is 0 Å². The van der Waals surface area contributed by atoms with E-state index in [0.717, 1.165) is 0 Å². The third-order valence-corrected chi connectivity index (χ3v) is 2.60. The number of benzene rings is 1. The summed E-state index contributed by atoms with van der Waals surface area (Å²) in [5.74, 6) is 1.07. The highest BCUT2D eigenvalue weighted by Crippen LogP contribution is 2.30. The Kier molecular flexibility index (Phi) is 2.94. The van der Waals surface area contributed by atoms with Crippen LogP contribution >= 0.6 is 11.6 Å². The predicted molar refractivity (Wildman–Crippen MR) is 66.1 cm³/mol. The normalized spacial score (nSPS) is 9.94. The quantitative estimate of drug-likeness (QED) is 0.887. The average molecular weight is 248 g/mol. The zero-order chi connectivity index (χ0) is 12.4. The largest absolute Gasteiger partial charge is 0.439 e. The molecule has 0 unspecified atom stereocenters. The summed E-state index contributed by atoms with van der Waals surface area (Å²) in [5.41, 5.74) is 6.65. The molecule has 0 spiro atoms. The lowest BCUT2D eigenvalue weighted by atomic mass is 10.3. The van der Waals surface area contributed by atoms with Crippen molar-refractivity contribution in [3.8, 4) is 17.7 Å². The summed E-state index contributed by atoms with van der Waals surface area (Å²) in [6.45, 7) is 0. The van der Waals surface area contributed by atoms with Crippen LogP contribution in [0.4, 0.5) is 5.69 Å². The van der Waals surface area contributed by atoms with Crippen LogP contribution in [0, 0.1) is 11.3 Å². The smallest absolute Gasteiger partial charge is 0.224 e. The van der Waals surface area contributed by atoms with Gasteiger partial charge in [0.1, 0.15) is 17.5 Å². The van der Waals surface area contributed by atoms with Crippen LogP contribution in [0.25, 0.3) is 0 Å². The van der Waals surface area contributed by atoms with Gasteiger partial charge in [0.15, 0.2) is 0 Å². The van der Waals surface area contributed by atoms with Gasteiger partial charge in [0, 0.05) is 18.1 Å². The molecule has 0 atom stereocenters. The maximum atomic E-state index is 8.86. The van der Waals surface area contributed by atoms with Crippen molar-refractivity contribution in [3.63, 3.8) is 0 Å². The minimum Gasteiger partial charge on any atom is -0.439 e. The lowest BCUT2D eigenvalue weighted by Crippen LogP contribution is -1.97. The highest BCUT2D eigenvalue weighted by molar-refractivity contribution is 6.30. The molecule has 0 saturated carbocycles. The Morgan fingerprint density at radius 1 is 1.35 bits per heavy atom. The summed E-state index contributed by atoms with van der Waals surface area (Å²) in [6, 6.07) is 10.5. The first kappa shape index (κ1) is 11.4. The van der Waals surface area contributed by atoms with E-state index in [1.165, 1.54) is 0 Å². The Morgan fingerprint density at radius 3 is 2.53 bits per heavy atom. The van der Waals surface area contributed by atoms with Crippen LogP contribution in [0.5, 0.6) is 11.6 Å². The summed E-state index contributed by atoms with van der Waals surface area (Å²) in [7, 11) is 1.72. The third-order valence-electron chi connectivity index (χ3n) is 2.35. The molecule has 0 amide bonds. The average Bonchev–Trinajstić information content (AvgIpc) is 2.59. The molecular formula is C12H10ClN3O. The van der Waals surface area contributed by atoms with Crippen molar-refractivity contribution >= 4 is 17.3 Å². The molecule has 2 N–H and O–H groups in total. The second kappa shape index (κ2) is 4.40. The Balaban J connectivity index is 2.33. The van der Waals surface area contributed by atoms with Crippen molar-refractivity contribution < 1.29 is 4.74 Å². The van der Waals surface area contributed by atoms with E-state index in [0.29, 0.717) is 28.0 Å². The molecule has 0 fully saturated rings. The first-order valence-electron chi connectivity index (χ1n) is 4.90. The summed E-state index contributed by atoms with van der Waals surface area (Å²) in [6.07, 6.45) is 0. The highest BCUT2D eigenvalue weighted by Gasteiger charge is 2.11. The number of aromatic nitrogens is 1. The number of hydrogen-bond donors (Lipinski definition) is 1. The van der Waals surface area contributed by atoms with Gasteiger partial charge in [-0.25, -0.2) is 0 Å².